The Morgan fingerprint density at radius 1 is 1.38 bits per heavy atom. The Morgan fingerprint density at radius 3 is 2.38 bits per heavy atom. The van der Waals surface area contributed by atoms with Crippen molar-refractivity contribution in [3.8, 4) is 0 Å². The molecule has 0 radical (unpaired) electrons. The van der Waals surface area contributed by atoms with E-state index in [0.717, 1.165) is 16.5 Å². The monoisotopic (exact) mass is 243 g/mol. The zero-order chi connectivity index (χ0) is 9.84. The Bertz CT molecular complexity index is 260. The minimum Gasteiger partial charge on any atom is -0.387 e. The topological polar surface area (TPSA) is 46.2 Å². The van der Waals surface area contributed by atoms with E-state index in [0.29, 0.717) is 0 Å². The smallest absolute Gasteiger partial charge is 0.0940 e. The molecule has 0 fully saturated rings. The molecule has 0 aliphatic rings. The number of aliphatic hydroxyl groups excluding tert-OH is 1. The highest BCUT2D eigenvalue weighted by molar-refractivity contribution is 9.10. The van der Waals surface area contributed by atoms with E-state index in [-0.39, 0.29) is 6.04 Å². The second-order valence-electron chi connectivity index (χ2n) is 3.07. The van der Waals surface area contributed by atoms with Crippen LogP contribution in [0.4, 0.5) is 0 Å². The molecule has 0 heterocycles. The summed E-state index contributed by atoms with van der Waals surface area (Å²) < 4.78 is 1.01. The molecule has 0 spiro atoms. The Hall–Kier alpha value is -0.380. The van der Waals surface area contributed by atoms with E-state index < -0.39 is 6.10 Å². The number of benzene rings is 1. The molecule has 2 nitrogen and oxygen atoms in total. The van der Waals surface area contributed by atoms with Gasteiger partial charge in [-0.25, -0.2) is 0 Å². The molecule has 3 N–H and O–H groups in total. The van der Waals surface area contributed by atoms with Crippen molar-refractivity contribution < 1.29 is 5.11 Å². The first-order valence-electron chi connectivity index (χ1n) is 4.34. The van der Waals surface area contributed by atoms with Crippen molar-refractivity contribution in [3.05, 3.63) is 34.3 Å². The van der Waals surface area contributed by atoms with Gasteiger partial charge in [0, 0.05) is 10.5 Å². The quantitative estimate of drug-likeness (QED) is 0.856. The van der Waals surface area contributed by atoms with Gasteiger partial charge in [-0.3, -0.25) is 0 Å². The largest absolute Gasteiger partial charge is 0.387 e. The second-order valence-corrected chi connectivity index (χ2v) is 3.98. The molecule has 0 aromatic heterocycles. The van der Waals surface area contributed by atoms with Gasteiger partial charge in [-0.15, -0.1) is 0 Å². The van der Waals surface area contributed by atoms with E-state index in [2.05, 4.69) is 15.9 Å². The Balaban J connectivity index is 2.77. The van der Waals surface area contributed by atoms with Gasteiger partial charge in [0.25, 0.3) is 0 Å². The van der Waals surface area contributed by atoms with Crippen LogP contribution in [0.1, 0.15) is 25.0 Å². The predicted octanol–water partition coefficient (Wildman–Crippen LogP) is 2.22. The van der Waals surface area contributed by atoms with Gasteiger partial charge < -0.3 is 10.8 Å². The zero-order valence-corrected chi connectivity index (χ0v) is 9.16. The van der Waals surface area contributed by atoms with E-state index in [1.54, 1.807) is 0 Å². The summed E-state index contributed by atoms with van der Waals surface area (Å²) in [5.74, 6) is 0. The summed E-state index contributed by atoms with van der Waals surface area (Å²) in [5.41, 5.74) is 6.60. The highest BCUT2D eigenvalue weighted by Gasteiger charge is 2.14. The molecule has 0 aliphatic carbocycles. The van der Waals surface area contributed by atoms with Gasteiger partial charge in [0.1, 0.15) is 0 Å². The SMILES string of the molecule is CCC(N)C(O)c1ccc(Br)cc1. The summed E-state index contributed by atoms with van der Waals surface area (Å²) in [5, 5.41) is 9.74. The summed E-state index contributed by atoms with van der Waals surface area (Å²) in [4.78, 5) is 0. The maximum Gasteiger partial charge on any atom is 0.0940 e. The molecule has 0 aliphatic heterocycles. The number of aliphatic hydroxyl groups is 1. The molecular formula is C10H14BrNO. The lowest BCUT2D eigenvalue weighted by Gasteiger charge is -2.17. The Morgan fingerprint density at radius 2 is 1.92 bits per heavy atom. The zero-order valence-electron chi connectivity index (χ0n) is 7.57. The minimum absolute atomic E-state index is 0.179. The summed E-state index contributed by atoms with van der Waals surface area (Å²) in [6.07, 6.45) is 0.218. The standard InChI is InChI=1S/C10H14BrNO/c1-2-9(12)10(13)7-3-5-8(11)6-4-7/h3-6,9-10,13H,2,12H2,1H3. The van der Waals surface area contributed by atoms with Crippen LogP contribution >= 0.6 is 15.9 Å². The molecule has 0 bridgehead atoms. The van der Waals surface area contributed by atoms with Gasteiger partial charge in [0.15, 0.2) is 0 Å². The molecule has 1 aromatic rings. The van der Waals surface area contributed by atoms with Crippen LogP contribution in [0.5, 0.6) is 0 Å². The average molecular weight is 244 g/mol. The molecule has 1 rings (SSSR count). The van der Waals surface area contributed by atoms with E-state index in [1.165, 1.54) is 0 Å². The predicted molar refractivity (Wildman–Crippen MR) is 57.4 cm³/mol. The van der Waals surface area contributed by atoms with Gasteiger partial charge in [-0.2, -0.15) is 0 Å². The van der Waals surface area contributed by atoms with Crippen LogP contribution in [0.3, 0.4) is 0 Å². The van der Waals surface area contributed by atoms with E-state index in [4.69, 9.17) is 5.73 Å². The van der Waals surface area contributed by atoms with Crippen molar-refractivity contribution in [2.45, 2.75) is 25.5 Å². The highest BCUT2D eigenvalue weighted by atomic mass is 79.9. The third-order valence-electron chi connectivity index (χ3n) is 2.09. The molecule has 3 heteroatoms. The third kappa shape index (κ3) is 2.79. The van der Waals surface area contributed by atoms with Crippen LogP contribution in [0.15, 0.2) is 28.7 Å². The molecule has 0 amide bonds. The molecule has 2 unspecified atom stereocenters. The van der Waals surface area contributed by atoms with Crippen LogP contribution in [-0.2, 0) is 0 Å². The van der Waals surface area contributed by atoms with E-state index >= 15 is 0 Å². The molecule has 72 valence electrons. The van der Waals surface area contributed by atoms with Gasteiger partial charge in [0.05, 0.1) is 6.10 Å². The van der Waals surface area contributed by atoms with Crippen LogP contribution < -0.4 is 5.73 Å². The normalized spacial score (nSPS) is 15.4. The summed E-state index contributed by atoms with van der Waals surface area (Å²) in [6.45, 7) is 1.97. The van der Waals surface area contributed by atoms with Crippen LogP contribution in [0.2, 0.25) is 0 Å². The fraction of sp³-hybridized carbons (Fsp3) is 0.400. The van der Waals surface area contributed by atoms with Crippen LogP contribution in [-0.4, -0.2) is 11.1 Å². The lowest BCUT2D eigenvalue weighted by Crippen LogP contribution is -2.27. The van der Waals surface area contributed by atoms with E-state index in [1.807, 2.05) is 31.2 Å². The minimum atomic E-state index is -0.557. The van der Waals surface area contributed by atoms with Crippen molar-refractivity contribution in [1.82, 2.24) is 0 Å². The Labute approximate surface area is 86.9 Å². The van der Waals surface area contributed by atoms with Gasteiger partial charge in [0.2, 0.25) is 0 Å². The van der Waals surface area contributed by atoms with Crippen molar-refractivity contribution in [2.24, 2.45) is 5.73 Å². The lowest BCUT2D eigenvalue weighted by molar-refractivity contribution is 0.144. The van der Waals surface area contributed by atoms with Gasteiger partial charge in [-0.1, -0.05) is 35.0 Å². The number of hydrogen-bond donors (Lipinski definition) is 2. The molecule has 0 saturated heterocycles. The van der Waals surface area contributed by atoms with Gasteiger partial charge >= 0.3 is 0 Å². The summed E-state index contributed by atoms with van der Waals surface area (Å²) in [6, 6.07) is 7.39. The molecule has 13 heavy (non-hydrogen) atoms. The number of hydrogen-bond acceptors (Lipinski definition) is 2. The number of rotatable bonds is 3. The first-order chi connectivity index (χ1) is 6.15. The maximum atomic E-state index is 9.74. The summed E-state index contributed by atoms with van der Waals surface area (Å²) in [7, 11) is 0. The molecular weight excluding hydrogens is 230 g/mol. The fourth-order valence-electron chi connectivity index (χ4n) is 1.13. The molecule has 0 saturated carbocycles. The van der Waals surface area contributed by atoms with Gasteiger partial charge in [-0.05, 0) is 24.1 Å². The van der Waals surface area contributed by atoms with E-state index in [9.17, 15) is 5.11 Å². The number of nitrogens with two attached hydrogens (primary N) is 1. The second kappa shape index (κ2) is 4.74. The first-order valence-corrected chi connectivity index (χ1v) is 5.13. The molecule has 1 aromatic carbocycles. The first kappa shape index (κ1) is 10.7. The van der Waals surface area contributed by atoms with Crippen molar-refractivity contribution in [3.63, 3.8) is 0 Å². The van der Waals surface area contributed by atoms with Crippen LogP contribution in [0.25, 0.3) is 0 Å². The summed E-state index contributed by atoms with van der Waals surface area (Å²) >= 11 is 3.34. The Kier molecular flexibility index (Phi) is 3.90. The highest BCUT2D eigenvalue weighted by Crippen LogP contribution is 2.19. The maximum absolute atomic E-state index is 9.74. The average Bonchev–Trinajstić information content (AvgIpc) is 2.17. The van der Waals surface area contributed by atoms with Crippen molar-refractivity contribution >= 4 is 15.9 Å². The van der Waals surface area contributed by atoms with Crippen molar-refractivity contribution in [2.75, 3.05) is 0 Å². The molecule has 2 atom stereocenters. The third-order valence-corrected chi connectivity index (χ3v) is 2.62. The fourth-order valence-corrected chi connectivity index (χ4v) is 1.39. The number of halogens is 1. The van der Waals surface area contributed by atoms with Crippen molar-refractivity contribution in [1.29, 1.82) is 0 Å². The lowest BCUT2D eigenvalue weighted by atomic mass is 10.0. The van der Waals surface area contributed by atoms with Crippen LogP contribution in [0, 0.1) is 0 Å².